The van der Waals surface area contributed by atoms with E-state index in [1.807, 2.05) is 18.2 Å². The van der Waals surface area contributed by atoms with Gasteiger partial charge in [-0.2, -0.15) is 0 Å². The van der Waals surface area contributed by atoms with Crippen molar-refractivity contribution in [2.45, 2.75) is 13.4 Å². The number of benzene rings is 1. The SMILES string of the molecule is BrC(Cc1ccccc1)C(Br)(Br)Br. The van der Waals surface area contributed by atoms with Crippen LogP contribution >= 0.6 is 63.7 Å². The van der Waals surface area contributed by atoms with E-state index in [0.717, 1.165) is 6.42 Å². The Bertz CT molecular complexity index is 252. The second-order valence-corrected chi connectivity index (χ2v) is 10.7. The fourth-order valence-corrected chi connectivity index (χ4v) is 1.80. The molecule has 0 aliphatic heterocycles. The van der Waals surface area contributed by atoms with Crippen LogP contribution in [0.3, 0.4) is 0 Å². The van der Waals surface area contributed by atoms with Gasteiger partial charge in [0.15, 0.2) is 0 Å². The summed E-state index contributed by atoms with van der Waals surface area (Å²) in [4.78, 5) is 0.294. The molecular formula is C9H8Br4. The van der Waals surface area contributed by atoms with Gasteiger partial charge < -0.3 is 0 Å². The standard InChI is InChI=1S/C9H8Br4/c10-8(9(11,12)13)6-7-4-2-1-3-5-7/h1-5,8H,6H2. The van der Waals surface area contributed by atoms with Gasteiger partial charge in [0, 0.05) is 0 Å². The van der Waals surface area contributed by atoms with Crippen molar-refractivity contribution in [3.8, 4) is 0 Å². The largest absolute Gasteiger partial charge is 0.147 e. The van der Waals surface area contributed by atoms with E-state index < -0.39 is 0 Å². The molecule has 1 unspecified atom stereocenters. The summed E-state index contributed by atoms with van der Waals surface area (Å²) in [5.41, 5.74) is 1.31. The van der Waals surface area contributed by atoms with Crippen molar-refractivity contribution >= 4 is 63.7 Å². The van der Waals surface area contributed by atoms with Crippen LogP contribution in [0.4, 0.5) is 0 Å². The van der Waals surface area contributed by atoms with Gasteiger partial charge in [0.05, 0.1) is 4.83 Å². The van der Waals surface area contributed by atoms with Gasteiger partial charge in [-0.1, -0.05) is 94.1 Å². The Morgan fingerprint density at radius 2 is 1.62 bits per heavy atom. The molecule has 1 aromatic carbocycles. The average molecular weight is 436 g/mol. The molecule has 0 fully saturated rings. The second-order valence-electron chi connectivity index (χ2n) is 2.70. The first-order chi connectivity index (χ1) is 6.00. The third-order valence-electron chi connectivity index (χ3n) is 1.61. The van der Waals surface area contributed by atoms with Gasteiger partial charge in [-0.3, -0.25) is 0 Å². The summed E-state index contributed by atoms with van der Waals surface area (Å²) in [5.74, 6) is 0. The van der Waals surface area contributed by atoms with Crippen LogP contribution in [0.5, 0.6) is 0 Å². The fraction of sp³-hybridized carbons (Fsp3) is 0.333. The van der Waals surface area contributed by atoms with Crippen molar-refractivity contribution < 1.29 is 0 Å². The van der Waals surface area contributed by atoms with Gasteiger partial charge in [-0.25, -0.2) is 0 Å². The van der Waals surface area contributed by atoms with Crippen LogP contribution < -0.4 is 0 Å². The molecule has 0 radical (unpaired) electrons. The lowest BCUT2D eigenvalue weighted by Crippen LogP contribution is -2.19. The maximum absolute atomic E-state index is 3.59. The molecule has 0 amide bonds. The van der Waals surface area contributed by atoms with Crippen LogP contribution in [-0.4, -0.2) is 6.97 Å². The molecule has 0 spiro atoms. The van der Waals surface area contributed by atoms with Crippen LogP contribution in [0.15, 0.2) is 30.3 Å². The number of rotatable bonds is 2. The van der Waals surface area contributed by atoms with Gasteiger partial charge in [0.25, 0.3) is 0 Å². The first-order valence-electron chi connectivity index (χ1n) is 3.75. The summed E-state index contributed by atoms with van der Waals surface area (Å²) in [5, 5.41) is 0. The Hall–Kier alpha value is 1.14. The lowest BCUT2D eigenvalue weighted by Gasteiger charge is -2.19. The van der Waals surface area contributed by atoms with E-state index >= 15 is 0 Å². The van der Waals surface area contributed by atoms with Gasteiger partial charge in [-0.15, -0.1) is 0 Å². The molecule has 1 rings (SSSR count). The molecular weight excluding hydrogens is 428 g/mol. The molecule has 1 atom stereocenters. The van der Waals surface area contributed by atoms with E-state index in [1.165, 1.54) is 5.56 Å². The van der Waals surface area contributed by atoms with Gasteiger partial charge in [0.1, 0.15) is 2.14 Å². The van der Waals surface area contributed by atoms with Crippen molar-refractivity contribution in [3.05, 3.63) is 35.9 Å². The quantitative estimate of drug-likeness (QED) is 0.584. The van der Waals surface area contributed by atoms with Crippen LogP contribution in [0, 0.1) is 0 Å². The fourth-order valence-electron chi connectivity index (χ4n) is 0.937. The van der Waals surface area contributed by atoms with E-state index in [0.29, 0.717) is 4.83 Å². The highest BCUT2D eigenvalue weighted by atomic mass is 80.0. The van der Waals surface area contributed by atoms with Crippen LogP contribution in [0.25, 0.3) is 0 Å². The summed E-state index contributed by atoms with van der Waals surface area (Å²) in [6, 6.07) is 10.4. The first kappa shape index (κ1) is 12.2. The minimum absolute atomic E-state index is 0.233. The van der Waals surface area contributed by atoms with Crippen molar-refractivity contribution in [2.75, 3.05) is 0 Å². The highest BCUT2D eigenvalue weighted by molar-refractivity contribution is 9.40. The zero-order valence-electron chi connectivity index (χ0n) is 6.68. The summed E-state index contributed by atoms with van der Waals surface area (Å²) in [6.45, 7) is 0. The third kappa shape index (κ3) is 4.45. The normalized spacial score (nSPS) is 14.2. The molecule has 13 heavy (non-hydrogen) atoms. The Kier molecular flexibility index (Phi) is 4.97. The van der Waals surface area contributed by atoms with Crippen molar-refractivity contribution in [1.29, 1.82) is 0 Å². The van der Waals surface area contributed by atoms with Crippen molar-refractivity contribution in [3.63, 3.8) is 0 Å². The van der Waals surface area contributed by atoms with Crippen LogP contribution in [0.2, 0.25) is 0 Å². The van der Waals surface area contributed by atoms with Gasteiger partial charge in [0.2, 0.25) is 0 Å². The average Bonchev–Trinajstić information content (AvgIpc) is 2.04. The molecule has 0 N–H and O–H groups in total. The molecule has 1 aromatic rings. The first-order valence-corrected chi connectivity index (χ1v) is 7.04. The van der Waals surface area contributed by atoms with E-state index in [9.17, 15) is 0 Å². The minimum atomic E-state index is -0.233. The predicted molar refractivity (Wildman–Crippen MR) is 72.4 cm³/mol. The number of halogens is 4. The van der Waals surface area contributed by atoms with E-state index in [-0.39, 0.29) is 2.14 Å². The van der Waals surface area contributed by atoms with Crippen molar-refractivity contribution in [2.24, 2.45) is 0 Å². The molecule has 0 aliphatic carbocycles. The number of alkyl halides is 4. The number of hydrogen-bond acceptors (Lipinski definition) is 0. The Morgan fingerprint density at radius 3 is 2.08 bits per heavy atom. The molecule has 0 aromatic heterocycles. The van der Waals surface area contributed by atoms with E-state index in [1.54, 1.807) is 0 Å². The molecule has 0 heterocycles. The van der Waals surface area contributed by atoms with Crippen LogP contribution in [0.1, 0.15) is 5.56 Å². The van der Waals surface area contributed by atoms with Crippen molar-refractivity contribution in [1.82, 2.24) is 0 Å². The summed E-state index contributed by atoms with van der Waals surface area (Å²) in [7, 11) is 0. The number of hydrogen-bond donors (Lipinski definition) is 0. The summed E-state index contributed by atoms with van der Waals surface area (Å²) >= 11 is 14.1. The summed E-state index contributed by atoms with van der Waals surface area (Å²) in [6.07, 6.45) is 0.961. The topological polar surface area (TPSA) is 0 Å². The molecule has 0 nitrogen and oxygen atoms in total. The lowest BCUT2D eigenvalue weighted by atomic mass is 10.1. The van der Waals surface area contributed by atoms with Gasteiger partial charge in [-0.05, 0) is 12.0 Å². The molecule has 0 saturated carbocycles. The highest BCUT2D eigenvalue weighted by Gasteiger charge is 2.28. The van der Waals surface area contributed by atoms with E-state index in [4.69, 9.17) is 0 Å². The molecule has 0 saturated heterocycles. The smallest absolute Gasteiger partial charge is 0.0853 e. The third-order valence-corrected chi connectivity index (χ3v) is 6.12. The minimum Gasteiger partial charge on any atom is -0.0853 e. The maximum Gasteiger partial charge on any atom is 0.147 e. The predicted octanol–water partition coefficient (Wildman–Crippen LogP) is 4.83. The summed E-state index contributed by atoms with van der Waals surface area (Å²) < 4.78 is -0.233. The molecule has 0 aliphatic rings. The highest BCUT2D eigenvalue weighted by Crippen LogP contribution is 2.42. The molecule has 0 bridgehead atoms. The Balaban J connectivity index is 2.61. The Morgan fingerprint density at radius 1 is 1.08 bits per heavy atom. The Labute approximate surface area is 112 Å². The zero-order valence-corrected chi connectivity index (χ0v) is 13.0. The zero-order chi connectivity index (χ0) is 9.90. The maximum atomic E-state index is 3.59. The van der Waals surface area contributed by atoms with Crippen LogP contribution in [-0.2, 0) is 6.42 Å². The molecule has 72 valence electrons. The lowest BCUT2D eigenvalue weighted by molar-refractivity contribution is 0.936. The molecule has 4 heteroatoms. The monoisotopic (exact) mass is 432 g/mol. The van der Waals surface area contributed by atoms with E-state index in [2.05, 4.69) is 75.9 Å². The van der Waals surface area contributed by atoms with Gasteiger partial charge >= 0.3 is 0 Å². The second kappa shape index (κ2) is 5.29.